The topological polar surface area (TPSA) is 46.5 Å². The van der Waals surface area contributed by atoms with E-state index in [4.69, 9.17) is 4.74 Å². The van der Waals surface area contributed by atoms with E-state index in [1.165, 1.54) is 19.3 Å². The normalized spacial score (nSPS) is 10.7. The number of carbonyl (C=O) groups excluding carboxylic acids is 1. The Labute approximate surface area is 131 Å². The molecule has 1 N–H and O–H groups in total. The van der Waals surface area contributed by atoms with Crippen molar-refractivity contribution in [3.8, 4) is 11.5 Å². The third kappa shape index (κ3) is 3.39. The second-order valence-corrected chi connectivity index (χ2v) is 5.27. The molecule has 2 aromatic rings. The van der Waals surface area contributed by atoms with Gasteiger partial charge in [0.05, 0.1) is 16.2 Å². The number of carbonyl (C=O) groups is 1. The number of ether oxygens (including phenoxy) is 1. The molecule has 0 aliphatic carbocycles. The van der Waals surface area contributed by atoms with Crippen LogP contribution < -0.4 is 4.74 Å². The van der Waals surface area contributed by atoms with Crippen molar-refractivity contribution in [2.24, 2.45) is 0 Å². The van der Waals surface area contributed by atoms with Crippen LogP contribution in [-0.2, 0) is 0 Å². The zero-order chi connectivity index (χ0) is 14.5. The van der Waals surface area contributed by atoms with Crippen LogP contribution in [-0.4, -0.2) is 18.0 Å². The molecular formula is C16H13IO3. The van der Waals surface area contributed by atoms with Crippen LogP contribution in [0.25, 0.3) is 6.08 Å². The lowest BCUT2D eigenvalue weighted by Crippen LogP contribution is -1.97. The van der Waals surface area contributed by atoms with Crippen molar-refractivity contribution in [2.45, 2.75) is 0 Å². The number of halogens is 1. The first kappa shape index (κ1) is 14.6. The average molecular weight is 380 g/mol. The fourth-order valence-electron chi connectivity index (χ4n) is 1.72. The van der Waals surface area contributed by atoms with Gasteiger partial charge in [-0.15, -0.1) is 0 Å². The fourth-order valence-corrected chi connectivity index (χ4v) is 2.41. The largest absolute Gasteiger partial charge is 0.507 e. The molecule has 4 heteroatoms. The van der Waals surface area contributed by atoms with Gasteiger partial charge in [-0.25, -0.2) is 0 Å². The van der Waals surface area contributed by atoms with Crippen LogP contribution in [0.15, 0.2) is 48.5 Å². The van der Waals surface area contributed by atoms with Crippen molar-refractivity contribution in [1.82, 2.24) is 0 Å². The quantitative estimate of drug-likeness (QED) is 0.497. The van der Waals surface area contributed by atoms with Crippen LogP contribution in [0.4, 0.5) is 0 Å². The molecule has 2 rings (SSSR count). The summed E-state index contributed by atoms with van der Waals surface area (Å²) in [6.45, 7) is 0. The second kappa shape index (κ2) is 6.56. The number of rotatable bonds is 4. The first-order valence-electron chi connectivity index (χ1n) is 5.96. The highest BCUT2D eigenvalue weighted by Gasteiger charge is 2.12. The second-order valence-electron chi connectivity index (χ2n) is 4.11. The molecule has 0 unspecified atom stereocenters. The molecular weight excluding hydrogens is 367 g/mol. The van der Waals surface area contributed by atoms with Crippen molar-refractivity contribution in [2.75, 3.05) is 7.11 Å². The van der Waals surface area contributed by atoms with Gasteiger partial charge in [-0.05, 0) is 40.3 Å². The Bertz CT molecular complexity index is 648. The summed E-state index contributed by atoms with van der Waals surface area (Å²) in [6, 6.07) is 12.6. The maximum Gasteiger partial charge on any atom is 0.189 e. The van der Waals surface area contributed by atoms with Crippen LogP contribution in [0.1, 0.15) is 15.9 Å². The molecule has 0 aliphatic rings. The molecule has 0 aliphatic heterocycles. The van der Waals surface area contributed by atoms with Crippen molar-refractivity contribution in [3.05, 3.63) is 63.2 Å². The number of benzene rings is 2. The number of hydrogen-bond acceptors (Lipinski definition) is 3. The van der Waals surface area contributed by atoms with Gasteiger partial charge in [-0.1, -0.05) is 36.4 Å². The Morgan fingerprint density at radius 3 is 2.60 bits per heavy atom. The summed E-state index contributed by atoms with van der Waals surface area (Å²) in [5.74, 6) is 0.226. The predicted octanol–water partition coefficient (Wildman–Crippen LogP) is 3.90. The van der Waals surface area contributed by atoms with Gasteiger partial charge in [-0.2, -0.15) is 0 Å². The number of ketones is 1. The minimum Gasteiger partial charge on any atom is -0.507 e. The summed E-state index contributed by atoms with van der Waals surface area (Å²) in [6.07, 6.45) is 3.17. The maximum absolute atomic E-state index is 12.1. The average Bonchev–Trinajstić information content (AvgIpc) is 2.47. The van der Waals surface area contributed by atoms with Crippen molar-refractivity contribution < 1.29 is 14.6 Å². The third-order valence-electron chi connectivity index (χ3n) is 2.76. The van der Waals surface area contributed by atoms with Gasteiger partial charge in [0.1, 0.15) is 11.5 Å². The van der Waals surface area contributed by atoms with E-state index >= 15 is 0 Å². The summed E-state index contributed by atoms with van der Waals surface area (Å²) in [4.78, 5) is 12.1. The lowest BCUT2D eigenvalue weighted by Gasteiger charge is -2.07. The first-order chi connectivity index (χ1) is 9.61. The zero-order valence-corrected chi connectivity index (χ0v) is 13.0. The molecule has 0 radical (unpaired) electrons. The monoisotopic (exact) mass is 380 g/mol. The molecule has 0 fully saturated rings. The van der Waals surface area contributed by atoms with E-state index in [-0.39, 0.29) is 17.1 Å². The minimum atomic E-state index is -0.244. The molecule has 0 saturated heterocycles. The summed E-state index contributed by atoms with van der Waals surface area (Å²) in [5.41, 5.74) is 1.20. The summed E-state index contributed by atoms with van der Waals surface area (Å²) >= 11 is 2.06. The minimum absolute atomic E-state index is 0.0787. The van der Waals surface area contributed by atoms with Gasteiger partial charge < -0.3 is 9.84 Å². The Hall–Kier alpha value is -1.82. The number of aromatic hydroxyl groups is 1. The van der Waals surface area contributed by atoms with Crippen molar-refractivity contribution in [1.29, 1.82) is 0 Å². The number of methoxy groups -OCH3 is 1. The smallest absolute Gasteiger partial charge is 0.189 e. The Morgan fingerprint density at radius 1 is 1.25 bits per heavy atom. The number of allylic oxidation sites excluding steroid dienone is 1. The van der Waals surface area contributed by atoms with Gasteiger partial charge in [0.25, 0.3) is 0 Å². The van der Waals surface area contributed by atoms with Gasteiger partial charge in [0.2, 0.25) is 0 Å². The SMILES string of the molecule is COc1cc(O)c(C(=O)/C=C/c2ccccc2)cc1I. The van der Waals surface area contributed by atoms with E-state index in [1.807, 2.05) is 30.3 Å². The van der Waals surface area contributed by atoms with E-state index in [1.54, 1.807) is 12.1 Å². The van der Waals surface area contributed by atoms with Gasteiger partial charge in [0, 0.05) is 6.07 Å². The molecule has 0 heterocycles. The van der Waals surface area contributed by atoms with E-state index in [0.717, 1.165) is 9.13 Å². The van der Waals surface area contributed by atoms with E-state index in [0.29, 0.717) is 5.75 Å². The van der Waals surface area contributed by atoms with Crippen LogP contribution in [0, 0.1) is 3.57 Å². The van der Waals surface area contributed by atoms with Gasteiger partial charge in [0.15, 0.2) is 5.78 Å². The van der Waals surface area contributed by atoms with Crippen LogP contribution in [0.2, 0.25) is 0 Å². The van der Waals surface area contributed by atoms with Crippen LogP contribution >= 0.6 is 22.6 Å². The fraction of sp³-hybridized carbons (Fsp3) is 0.0625. The molecule has 2 aromatic carbocycles. The molecule has 20 heavy (non-hydrogen) atoms. The number of phenolic OH excluding ortho intramolecular Hbond substituents is 1. The number of phenols is 1. The van der Waals surface area contributed by atoms with Crippen LogP contribution in [0.5, 0.6) is 11.5 Å². The van der Waals surface area contributed by atoms with Crippen molar-refractivity contribution >= 4 is 34.5 Å². The highest BCUT2D eigenvalue weighted by molar-refractivity contribution is 14.1. The maximum atomic E-state index is 12.1. The third-order valence-corrected chi connectivity index (χ3v) is 3.61. The summed E-state index contributed by atoms with van der Waals surface area (Å²) < 4.78 is 5.87. The predicted molar refractivity (Wildman–Crippen MR) is 87.2 cm³/mol. The Morgan fingerprint density at radius 2 is 1.95 bits per heavy atom. The molecule has 0 bridgehead atoms. The molecule has 102 valence electrons. The van der Waals surface area contributed by atoms with E-state index in [2.05, 4.69) is 22.6 Å². The first-order valence-corrected chi connectivity index (χ1v) is 7.03. The van der Waals surface area contributed by atoms with Crippen LogP contribution in [0.3, 0.4) is 0 Å². The van der Waals surface area contributed by atoms with Gasteiger partial charge in [-0.3, -0.25) is 4.79 Å². The number of hydrogen-bond donors (Lipinski definition) is 1. The standard InChI is InChI=1S/C16H13IO3/c1-20-16-10-15(19)12(9-13(16)17)14(18)8-7-11-5-3-2-4-6-11/h2-10,19H,1H3/b8-7+. The van der Waals surface area contributed by atoms with E-state index in [9.17, 15) is 9.90 Å². The molecule has 3 nitrogen and oxygen atoms in total. The summed E-state index contributed by atoms with van der Waals surface area (Å²) in [5, 5.41) is 9.88. The zero-order valence-electron chi connectivity index (χ0n) is 10.8. The Kier molecular flexibility index (Phi) is 4.79. The molecule has 0 aromatic heterocycles. The molecule has 0 amide bonds. The lowest BCUT2D eigenvalue weighted by molar-refractivity contribution is 0.104. The van der Waals surface area contributed by atoms with Crippen molar-refractivity contribution in [3.63, 3.8) is 0 Å². The molecule has 0 atom stereocenters. The Balaban J connectivity index is 2.26. The summed E-state index contributed by atoms with van der Waals surface area (Å²) in [7, 11) is 1.52. The molecule has 0 spiro atoms. The highest BCUT2D eigenvalue weighted by Crippen LogP contribution is 2.29. The van der Waals surface area contributed by atoms with Gasteiger partial charge >= 0.3 is 0 Å². The van der Waals surface area contributed by atoms with E-state index < -0.39 is 0 Å². The highest BCUT2D eigenvalue weighted by atomic mass is 127. The molecule has 0 saturated carbocycles. The lowest BCUT2D eigenvalue weighted by atomic mass is 10.1.